The molecule has 0 N–H and O–H groups in total. The molecule has 29 heavy (non-hydrogen) atoms. The summed E-state index contributed by atoms with van der Waals surface area (Å²) in [6.07, 6.45) is 0.967. The zero-order chi connectivity index (χ0) is 20.6. The van der Waals surface area contributed by atoms with Crippen LogP contribution >= 0.6 is 0 Å². The maximum atomic E-state index is 5.88. The first-order valence-electron chi connectivity index (χ1n) is 10.3. The minimum Gasteiger partial charge on any atom is -0.492 e. The Morgan fingerprint density at radius 3 is 1.97 bits per heavy atom. The second-order valence-corrected chi connectivity index (χ2v) is 7.62. The molecule has 3 rings (SSSR count). The van der Waals surface area contributed by atoms with Crippen molar-refractivity contribution in [2.45, 2.75) is 13.3 Å². The summed E-state index contributed by atoms with van der Waals surface area (Å²) in [5.41, 5.74) is 7.67. The number of benzene rings is 3. The highest BCUT2D eigenvalue weighted by Crippen LogP contribution is 2.34. The Morgan fingerprint density at radius 1 is 0.793 bits per heavy atom. The van der Waals surface area contributed by atoms with Crippen molar-refractivity contribution in [3.63, 3.8) is 0 Å². The fraction of sp³-hybridized carbons (Fsp3) is 0.231. The van der Waals surface area contributed by atoms with Gasteiger partial charge < -0.3 is 9.64 Å². The van der Waals surface area contributed by atoms with E-state index in [0.717, 1.165) is 18.7 Å². The monoisotopic (exact) mass is 383 g/mol. The van der Waals surface area contributed by atoms with E-state index in [0.29, 0.717) is 6.61 Å². The molecule has 2 nitrogen and oxygen atoms in total. The third-order valence-corrected chi connectivity index (χ3v) is 5.07. The van der Waals surface area contributed by atoms with Crippen LogP contribution in [0.4, 0.5) is 0 Å². The van der Waals surface area contributed by atoms with Crippen LogP contribution in [-0.2, 0) is 0 Å². The van der Waals surface area contributed by atoms with Crippen LogP contribution in [0.2, 0.25) is 0 Å². The molecule has 0 saturated heterocycles. The number of allylic oxidation sites excluding steroid dienone is 1. The van der Waals surface area contributed by atoms with Gasteiger partial charge in [-0.15, -0.1) is 0 Å². The highest BCUT2D eigenvalue weighted by molar-refractivity contribution is 6.32. The number of hydrogen-bond donors (Lipinski definition) is 0. The maximum absolute atomic E-state index is 5.88. The molecule has 148 valence electrons. The largest absolute Gasteiger partial charge is 0.492 e. The predicted octanol–water partition coefficient (Wildman–Crippen LogP) is 4.25. The summed E-state index contributed by atoms with van der Waals surface area (Å²) in [7, 11) is 6.24. The molecule has 0 spiro atoms. The minimum atomic E-state index is 0.692. The van der Waals surface area contributed by atoms with Gasteiger partial charge in [0.2, 0.25) is 0 Å². The smallest absolute Gasteiger partial charge is 0.139 e. The summed E-state index contributed by atoms with van der Waals surface area (Å²) >= 11 is 0. The van der Waals surface area contributed by atoms with Gasteiger partial charge in [-0.1, -0.05) is 79.1 Å². The molecule has 0 saturated carbocycles. The minimum absolute atomic E-state index is 0.692. The van der Waals surface area contributed by atoms with Crippen LogP contribution in [0.25, 0.3) is 11.1 Å². The highest BCUT2D eigenvalue weighted by atomic mass is 16.5. The molecule has 0 aliphatic heterocycles. The summed E-state index contributed by atoms with van der Waals surface area (Å²) in [5, 5.41) is 0. The van der Waals surface area contributed by atoms with Gasteiger partial charge in [-0.05, 0) is 60.5 Å². The van der Waals surface area contributed by atoms with Crippen LogP contribution in [0.5, 0.6) is 5.75 Å². The lowest BCUT2D eigenvalue weighted by atomic mass is 9.86. The molecule has 0 atom stereocenters. The van der Waals surface area contributed by atoms with Crippen molar-refractivity contribution in [1.29, 1.82) is 0 Å². The summed E-state index contributed by atoms with van der Waals surface area (Å²) < 4.78 is 5.88. The van der Waals surface area contributed by atoms with Gasteiger partial charge in [-0.3, -0.25) is 0 Å². The lowest BCUT2D eigenvalue weighted by Crippen LogP contribution is -2.19. The van der Waals surface area contributed by atoms with Gasteiger partial charge >= 0.3 is 0 Å². The van der Waals surface area contributed by atoms with Gasteiger partial charge in [0.05, 0.1) is 0 Å². The Kier molecular flexibility index (Phi) is 7.32. The number of nitrogens with zero attached hydrogens (tertiary/aromatic N) is 1. The van der Waals surface area contributed by atoms with Crippen molar-refractivity contribution in [1.82, 2.24) is 4.90 Å². The van der Waals surface area contributed by atoms with Gasteiger partial charge in [-0.2, -0.15) is 0 Å². The summed E-state index contributed by atoms with van der Waals surface area (Å²) in [4.78, 5) is 2.12. The zero-order valence-electron chi connectivity index (χ0n) is 18.0. The molecule has 0 bridgehead atoms. The highest BCUT2D eigenvalue weighted by Gasteiger charge is 2.13. The normalized spacial score (nSPS) is 12.0. The third kappa shape index (κ3) is 5.62. The van der Waals surface area contributed by atoms with E-state index in [-0.39, 0.29) is 0 Å². The predicted molar refractivity (Wildman–Crippen MR) is 128 cm³/mol. The number of rotatable bonds is 8. The van der Waals surface area contributed by atoms with E-state index in [2.05, 4.69) is 113 Å². The molecule has 0 fully saturated rings. The Bertz CT molecular complexity index is 929. The molecule has 0 aliphatic rings. The van der Waals surface area contributed by atoms with Crippen molar-refractivity contribution in [3.8, 4) is 5.75 Å². The summed E-state index contributed by atoms with van der Waals surface area (Å²) in [5.74, 6) is 0.913. The van der Waals surface area contributed by atoms with E-state index >= 15 is 0 Å². The van der Waals surface area contributed by atoms with Crippen LogP contribution < -0.4 is 10.2 Å². The molecule has 0 aromatic heterocycles. The average molecular weight is 383 g/mol. The average Bonchev–Trinajstić information content (AvgIpc) is 2.74. The van der Waals surface area contributed by atoms with Crippen LogP contribution in [0.15, 0.2) is 78.9 Å². The molecule has 0 aliphatic carbocycles. The van der Waals surface area contributed by atoms with Crippen LogP contribution in [-0.4, -0.2) is 40.0 Å². The molecular weight excluding hydrogens is 353 g/mol. The molecule has 3 aromatic rings. The van der Waals surface area contributed by atoms with Gasteiger partial charge in [-0.25, -0.2) is 0 Å². The number of hydrogen-bond acceptors (Lipinski definition) is 2. The summed E-state index contributed by atoms with van der Waals surface area (Å²) in [6, 6.07) is 28.0. The van der Waals surface area contributed by atoms with E-state index in [1.807, 2.05) is 0 Å². The van der Waals surface area contributed by atoms with Gasteiger partial charge in [0.1, 0.15) is 20.2 Å². The summed E-state index contributed by atoms with van der Waals surface area (Å²) in [6.45, 7) is 3.83. The Balaban J connectivity index is 2.01. The van der Waals surface area contributed by atoms with Crippen LogP contribution in [0.3, 0.4) is 0 Å². The molecule has 0 heterocycles. The SMILES string of the molecule is Bc1ccc(/C(CC)=C(/c2ccccc2)c2ccc(OCCN(C)C)cc2)cc1. The van der Waals surface area contributed by atoms with Crippen molar-refractivity contribution in [2.75, 3.05) is 27.2 Å². The molecule has 0 radical (unpaired) electrons. The fourth-order valence-electron chi connectivity index (χ4n) is 3.46. The molecule has 0 amide bonds. The van der Waals surface area contributed by atoms with Gasteiger partial charge in [0.15, 0.2) is 0 Å². The quantitative estimate of drug-likeness (QED) is 0.426. The second-order valence-electron chi connectivity index (χ2n) is 7.62. The van der Waals surface area contributed by atoms with E-state index < -0.39 is 0 Å². The van der Waals surface area contributed by atoms with Gasteiger partial charge in [0.25, 0.3) is 0 Å². The zero-order valence-corrected chi connectivity index (χ0v) is 18.0. The Morgan fingerprint density at radius 2 is 1.38 bits per heavy atom. The molecular formula is C26H30BNO. The number of likely N-dealkylation sites (N-methyl/N-ethyl adjacent to an activating group) is 1. The maximum Gasteiger partial charge on any atom is 0.139 e. The van der Waals surface area contributed by atoms with E-state index in [1.54, 1.807) is 0 Å². The van der Waals surface area contributed by atoms with E-state index in [1.165, 1.54) is 33.3 Å². The van der Waals surface area contributed by atoms with Crippen molar-refractivity contribution < 1.29 is 4.74 Å². The topological polar surface area (TPSA) is 12.5 Å². The Labute approximate surface area is 176 Å². The standard InChI is InChI=1S/C26H30BNO/c1-4-25(20-10-14-23(27)15-11-20)26(21-8-6-5-7-9-21)22-12-16-24(17-13-22)29-19-18-28(2)3/h5-17H,4,18-19,27H2,1-3H3/b26-25-. The van der Waals surface area contributed by atoms with Crippen molar-refractivity contribution in [3.05, 3.63) is 95.6 Å². The lowest BCUT2D eigenvalue weighted by Gasteiger charge is -2.17. The molecule has 0 unspecified atom stereocenters. The lowest BCUT2D eigenvalue weighted by molar-refractivity contribution is 0.261. The van der Waals surface area contributed by atoms with Crippen molar-refractivity contribution >= 4 is 24.5 Å². The second kappa shape index (κ2) is 10.1. The molecule has 3 heteroatoms. The Hall–Kier alpha value is -2.78. The number of ether oxygens (including phenoxy) is 1. The fourth-order valence-corrected chi connectivity index (χ4v) is 3.46. The third-order valence-electron chi connectivity index (χ3n) is 5.07. The van der Waals surface area contributed by atoms with Gasteiger partial charge in [0, 0.05) is 6.54 Å². The first-order valence-corrected chi connectivity index (χ1v) is 10.3. The van der Waals surface area contributed by atoms with Crippen LogP contribution in [0.1, 0.15) is 30.0 Å². The first kappa shape index (κ1) is 20.9. The van der Waals surface area contributed by atoms with E-state index in [4.69, 9.17) is 4.74 Å². The molecule has 3 aromatic carbocycles. The van der Waals surface area contributed by atoms with E-state index in [9.17, 15) is 0 Å². The van der Waals surface area contributed by atoms with Crippen LogP contribution in [0, 0.1) is 0 Å². The first-order chi connectivity index (χ1) is 14.1. The van der Waals surface area contributed by atoms with Crippen molar-refractivity contribution in [2.24, 2.45) is 0 Å².